The molecule has 3 rings (SSSR count). The number of esters is 1. The molecule has 2 aromatic heterocycles. The van der Waals surface area contributed by atoms with Gasteiger partial charge in [-0.1, -0.05) is 0 Å². The van der Waals surface area contributed by atoms with E-state index in [1.807, 2.05) is 0 Å². The zero-order valence-electron chi connectivity index (χ0n) is 15.3. The largest absolute Gasteiger partial charge is 0.477 e. The number of hydrogen-bond donors (Lipinski definition) is 2. The molecule has 0 bridgehead atoms. The lowest BCUT2D eigenvalue weighted by molar-refractivity contribution is -0.142. The summed E-state index contributed by atoms with van der Waals surface area (Å²) in [6.45, 7) is 3.33. The first-order valence-electron chi connectivity index (χ1n) is 8.51. The van der Waals surface area contributed by atoms with Crippen molar-refractivity contribution in [2.75, 3.05) is 29.1 Å². The number of nitrogens with two attached hydrogens (primary N) is 1. The Balaban J connectivity index is 1.68. The predicted octanol–water partition coefficient (Wildman–Crippen LogP) is 0.978. The number of ether oxygens (including phenoxy) is 2. The maximum Gasteiger partial charge on any atom is 0.311 e. The van der Waals surface area contributed by atoms with Crippen molar-refractivity contribution in [2.45, 2.75) is 26.4 Å². The number of nitrogens with one attached hydrogen (secondary N) is 1. The van der Waals surface area contributed by atoms with E-state index in [9.17, 15) is 14.4 Å². The highest BCUT2D eigenvalue weighted by Gasteiger charge is 2.34. The molecule has 1 unspecified atom stereocenters. The molecule has 3 heterocycles. The Bertz CT molecular complexity index is 915. The van der Waals surface area contributed by atoms with Crippen molar-refractivity contribution < 1.29 is 23.9 Å². The number of carbonyl (C=O) groups excluding carboxylic acids is 3. The summed E-state index contributed by atoms with van der Waals surface area (Å²) in [4.78, 5) is 45.9. The second-order valence-corrected chi connectivity index (χ2v) is 6.77. The van der Waals surface area contributed by atoms with E-state index in [2.05, 4.69) is 15.3 Å². The Morgan fingerprint density at radius 3 is 2.93 bits per heavy atom. The van der Waals surface area contributed by atoms with Crippen LogP contribution < -0.4 is 20.7 Å². The highest BCUT2D eigenvalue weighted by Crippen LogP contribution is 2.32. The third kappa shape index (κ3) is 4.36. The van der Waals surface area contributed by atoms with Gasteiger partial charge in [0.2, 0.25) is 5.91 Å². The lowest BCUT2D eigenvalue weighted by Gasteiger charge is -2.31. The van der Waals surface area contributed by atoms with E-state index in [1.165, 1.54) is 16.2 Å². The molecule has 0 aliphatic carbocycles. The van der Waals surface area contributed by atoms with Gasteiger partial charge in [0.15, 0.2) is 22.8 Å². The Morgan fingerprint density at radius 2 is 2.18 bits per heavy atom. The highest BCUT2D eigenvalue weighted by molar-refractivity contribution is 7.13. The molecule has 0 aromatic carbocycles. The van der Waals surface area contributed by atoms with Crippen molar-refractivity contribution >= 4 is 45.9 Å². The summed E-state index contributed by atoms with van der Waals surface area (Å²) in [5, 5.41) is 4.60. The molecule has 0 spiro atoms. The van der Waals surface area contributed by atoms with Crippen LogP contribution in [0.1, 0.15) is 19.5 Å². The lowest BCUT2D eigenvalue weighted by Crippen LogP contribution is -2.48. The first-order valence-corrected chi connectivity index (χ1v) is 9.39. The van der Waals surface area contributed by atoms with E-state index in [1.54, 1.807) is 31.4 Å². The zero-order valence-corrected chi connectivity index (χ0v) is 16.1. The van der Waals surface area contributed by atoms with Crippen LogP contribution in [-0.4, -0.2) is 47.0 Å². The van der Waals surface area contributed by atoms with Crippen LogP contribution >= 0.6 is 11.3 Å². The molecule has 11 heteroatoms. The molecular formula is C17H19N5O5S. The summed E-state index contributed by atoms with van der Waals surface area (Å²) < 4.78 is 10.4. The molecular weight excluding hydrogens is 386 g/mol. The first-order chi connectivity index (χ1) is 13.4. The van der Waals surface area contributed by atoms with Crippen molar-refractivity contribution in [3.8, 4) is 5.75 Å². The van der Waals surface area contributed by atoms with E-state index in [0.717, 1.165) is 0 Å². The van der Waals surface area contributed by atoms with Crippen LogP contribution in [0.5, 0.6) is 5.75 Å². The van der Waals surface area contributed by atoms with E-state index in [0.29, 0.717) is 23.2 Å². The Morgan fingerprint density at radius 1 is 1.39 bits per heavy atom. The second-order valence-electron chi connectivity index (χ2n) is 5.92. The van der Waals surface area contributed by atoms with E-state index < -0.39 is 17.9 Å². The van der Waals surface area contributed by atoms with Gasteiger partial charge in [-0.05, 0) is 26.0 Å². The van der Waals surface area contributed by atoms with Gasteiger partial charge in [-0.3, -0.25) is 19.3 Å². The molecule has 10 nitrogen and oxygen atoms in total. The van der Waals surface area contributed by atoms with Gasteiger partial charge >= 0.3 is 5.97 Å². The fourth-order valence-electron chi connectivity index (χ4n) is 2.56. The number of nitrogen functional groups attached to an aromatic ring is 1. The third-order valence-electron chi connectivity index (χ3n) is 3.76. The molecule has 1 aliphatic heterocycles. The van der Waals surface area contributed by atoms with Crippen molar-refractivity contribution in [3.63, 3.8) is 0 Å². The summed E-state index contributed by atoms with van der Waals surface area (Å²) in [6.07, 6.45) is -0.724. The molecule has 0 radical (unpaired) electrons. The van der Waals surface area contributed by atoms with Gasteiger partial charge < -0.3 is 20.5 Å². The number of rotatable bonds is 6. The summed E-state index contributed by atoms with van der Waals surface area (Å²) in [6, 6.07) is 3.16. The molecule has 3 N–H and O–H groups in total. The smallest absolute Gasteiger partial charge is 0.311 e. The van der Waals surface area contributed by atoms with Gasteiger partial charge in [0.1, 0.15) is 12.4 Å². The molecule has 1 aliphatic rings. The quantitative estimate of drug-likeness (QED) is 0.679. The highest BCUT2D eigenvalue weighted by atomic mass is 32.1. The van der Waals surface area contributed by atoms with Gasteiger partial charge in [0.05, 0.1) is 18.7 Å². The Kier molecular flexibility index (Phi) is 5.73. The zero-order chi connectivity index (χ0) is 20.3. The van der Waals surface area contributed by atoms with Crippen molar-refractivity contribution in [1.29, 1.82) is 0 Å². The molecule has 148 valence electrons. The summed E-state index contributed by atoms with van der Waals surface area (Å²) >= 11 is 1.17. The first kappa shape index (κ1) is 19.5. The number of thiazole rings is 1. The maximum absolute atomic E-state index is 12.4. The van der Waals surface area contributed by atoms with Crippen LogP contribution in [0.4, 0.5) is 16.8 Å². The average Bonchev–Trinajstić information content (AvgIpc) is 3.06. The lowest BCUT2D eigenvalue weighted by atomic mass is 10.2. The summed E-state index contributed by atoms with van der Waals surface area (Å²) in [5.74, 6) is -0.476. The molecule has 0 saturated carbocycles. The standard InChI is InChI=1S/C17H19N5O5S/c1-3-26-14(24)6-10-8-28-17(19-10)21-13(23)7-22-15-11(4-5-12(18)20-15)27-9(2)16(22)25/h4-5,8-9H,3,6-7H2,1-2H3,(H2,18,20)(H,19,21,23). The van der Waals surface area contributed by atoms with Gasteiger partial charge in [-0.2, -0.15) is 0 Å². The minimum atomic E-state index is -0.748. The fraction of sp³-hybridized carbons (Fsp3) is 0.353. The van der Waals surface area contributed by atoms with Crippen molar-refractivity contribution in [1.82, 2.24) is 9.97 Å². The number of fused-ring (bicyclic) bond motifs is 1. The molecule has 2 amide bonds. The minimum absolute atomic E-state index is 0.0241. The number of nitrogens with zero attached hydrogens (tertiary/aromatic N) is 3. The maximum atomic E-state index is 12.4. The number of amides is 2. The Labute approximate surface area is 164 Å². The van der Waals surface area contributed by atoms with Gasteiger partial charge in [0.25, 0.3) is 5.91 Å². The average molecular weight is 405 g/mol. The van der Waals surface area contributed by atoms with Crippen LogP contribution in [0.3, 0.4) is 0 Å². The SMILES string of the molecule is CCOC(=O)Cc1csc(NC(=O)CN2C(=O)C(C)Oc3ccc(N)nc32)n1. The van der Waals surface area contributed by atoms with Crippen LogP contribution in [0.15, 0.2) is 17.5 Å². The van der Waals surface area contributed by atoms with Crippen LogP contribution in [-0.2, 0) is 25.5 Å². The van der Waals surface area contributed by atoms with Gasteiger partial charge in [-0.25, -0.2) is 9.97 Å². The molecule has 28 heavy (non-hydrogen) atoms. The van der Waals surface area contributed by atoms with Gasteiger partial charge in [0, 0.05) is 5.38 Å². The molecule has 0 saturated heterocycles. The monoisotopic (exact) mass is 405 g/mol. The molecule has 1 atom stereocenters. The van der Waals surface area contributed by atoms with Crippen LogP contribution in [0, 0.1) is 0 Å². The van der Waals surface area contributed by atoms with Crippen molar-refractivity contribution in [3.05, 3.63) is 23.2 Å². The number of pyridine rings is 1. The fourth-order valence-corrected chi connectivity index (χ4v) is 3.29. The molecule has 2 aromatic rings. The molecule has 0 fully saturated rings. The van der Waals surface area contributed by atoms with Crippen LogP contribution in [0.2, 0.25) is 0 Å². The number of hydrogen-bond acceptors (Lipinski definition) is 9. The van der Waals surface area contributed by atoms with Crippen LogP contribution in [0.25, 0.3) is 0 Å². The normalized spacial score (nSPS) is 15.6. The van der Waals surface area contributed by atoms with E-state index >= 15 is 0 Å². The van der Waals surface area contributed by atoms with Crippen molar-refractivity contribution in [2.24, 2.45) is 0 Å². The number of aromatic nitrogens is 2. The summed E-state index contributed by atoms with van der Waals surface area (Å²) in [7, 11) is 0. The third-order valence-corrected chi connectivity index (χ3v) is 4.57. The minimum Gasteiger partial charge on any atom is -0.477 e. The van der Waals surface area contributed by atoms with E-state index in [4.69, 9.17) is 15.2 Å². The van der Waals surface area contributed by atoms with Gasteiger partial charge in [-0.15, -0.1) is 11.3 Å². The number of carbonyl (C=O) groups is 3. The summed E-state index contributed by atoms with van der Waals surface area (Å²) in [5.41, 5.74) is 6.19. The van der Waals surface area contributed by atoms with E-state index in [-0.39, 0.29) is 30.6 Å². The predicted molar refractivity (Wildman–Crippen MR) is 102 cm³/mol. The topological polar surface area (TPSA) is 137 Å². The Hall–Kier alpha value is -3.21. The number of anilines is 3. The second kappa shape index (κ2) is 8.21.